The van der Waals surface area contributed by atoms with Gasteiger partial charge in [0.2, 0.25) is 0 Å². The number of rotatable bonds is 5. The molecule has 0 bridgehead atoms. The number of hydrogen-bond donors (Lipinski definition) is 1. The summed E-state index contributed by atoms with van der Waals surface area (Å²) in [6.45, 7) is 0. The number of nitrogens with zero attached hydrogens (tertiary/aromatic N) is 3. The van der Waals surface area contributed by atoms with E-state index < -0.39 is 5.97 Å². The van der Waals surface area contributed by atoms with Gasteiger partial charge < -0.3 is 9.84 Å². The number of aryl methyl sites for hydroxylation is 1. The Kier molecular flexibility index (Phi) is 2.57. The smallest absolute Gasteiger partial charge is 0.316 e. The Balaban J connectivity index is 2.15. The highest BCUT2D eigenvalue weighted by Crippen LogP contribution is 2.38. The predicted octanol–water partition coefficient (Wildman–Crippen LogP) is 0.639. The van der Waals surface area contributed by atoms with Crippen LogP contribution in [-0.4, -0.2) is 33.0 Å². The van der Waals surface area contributed by atoms with E-state index in [-0.39, 0.29) is 6.42 Å². The molecule has 1 fully saturated rings. The van der Waals surface area contributed by atoms with Crippen LogP contribution in [0.4, 0.5) is 0 Å². The Hall–Kier alpha value is -1.59. The molecule has 1 saturated carbocycles. The topological polar surface area (TPSA) is 77.2 Å². The highest BCUT2D eigenvalue weighted by molar-refractivity contribution is 5.66. The predicted molar refractivity (Wildman–Crippen MR) is 50.8 cm³/mol. The minimum atomic E-state index is -0.820. The lowest BCUT2D eigenvalue weighted by atomic mass is 10.3. The summed E-state index contributed by atoms with van der Waals surface area (Å²) in [4.78, 5) is 10.5. The van der Waals surface area contributed by atoms with Crippen molar-refractivity contribution in [3.63, 3.8) is 0 Å². The van der Waals surface area contributed by atoms with E-state index in [1.807, 2.05) is 4.57 Å². The molecule has 6 heteroatoms. The van der Waals surface area contributed by atoms with Crippen LogP contribution in [0.25, 0.3) is 0 Å². The summed E-state index contributed by atoms with van der Waals surface area (Å²) >= 11 is 0. The molecule has 1 N–H and O–H groups in total. The van der Waals surface area contributed by atoms with Gasteiger partial charge in [-0.1, -0.05) is 5.10 Å². The standard InChI is InChI=1S/C9H13N3O3/c1-15-9-11-10-7(4-5-8(13)14)12(9)6-2-3-6/h6H,2-5H2,1H3,(H,13,14). The number of ether oxygens (including phenoxy) is 1. The van der Waals surface area contributed by atoms with Crippen LogP contribution in [0.5, 0.6) is 6.01 Å². The lowest BCUT2D eigenvalue weighted by Gasteiger charge is -2.06. The average Bonchev–Trinajstić information content (AvgIpc) is 2.96. The molecule has 82 valence electrons. The zero-order chi connectivity index (χ0) is 10.8. The van der Waals surface area contributed by atoms with E-state index in [1.54, 1.807) is 7.11 Å². The van der Waals surface area contributed by atoms with Crippen LogP contribution >= 0.6 is 0 Å². The first-order valence-corrected chi connectivity index (χ1v) is 4.92. The van der Waals surface area contributed by atoms with Crippen molar-refractivity contribution in [2.75, 3.05) is 7.11 Å². The molecule has 0 amide bonds. The second kappa shape index (κ2) is 3.88. The molecule has 1 aromatic heterocycles. The summed E-state index contributed by atoms with van der Waals surface area (Å²) < 4.78 is 6.98. The van der Waals surface area contributed by atoms with E-state index in [0.717, 1.165) is 12.8 Å². The van der Waals surface area contributed by atoms with Crippen molar-refractivity contribution in [1.29, 1.82) is 0 Å². The molecule has 0 unspecified atom stereocenters. The van der Waals surface area contributed by atoms with Gasteiger partial charge in [0.25, 0.3) is 0 Å². The molecule has 2 rings (SSSR count). The Labute approximate surface area is 86.9 Å². The molecule has 0 atom stereocenters. The third-order valence-electron chi connectivity index (χ3n) is 2.39. The number of methoxy groups -OCH3 is 1. The summed E-state index contributed by atoms with van der Waals surface area (Å²) in [7, 11) is 1.55. The van der Waals surface area contributed by atoms with Gasteiger partial charge in [-0.2, -0.15) is 0 Å². The monoisotopic (exact) mass is 211 g/mol. The lowest BCUT2D eigenvalue weighted by Crippen LogP contribution is -2.06. The molecule has 1 heterocycles. The Bertz CT molecular complexity index is 371. The zero-order valence-corrected chi connectivity index (χ0v) is 8.51. The average molecular weight is 211 g/mol. The van der Waals surface area contributed by atoms with Gasteiger partial charge in [-0.25, -0.2) is 0 Å². The molecule has 0 saturated heterocycles. The number of carbonyl (C=O) groups is 1. The minimum absolute atomic E-state index is 0.0779. The molecular weight excluding hydrogens is 198 g/mol. The van der Waals surface area contributed by atoms with Crippen molar-refractivity contribution in [3.05, 3.63) is 5.82 Å². The maximum absolute atomic E-state index is 10.5. The highest BCUT2D eigenvalue weighted by Gasteiger charge is 2.29. The molecule has 1 aliphatic rings. The van der Waals surface area contributed by atoms with E-state index >= 15 is 0 Å². The van der Waals surface area contributed by atoms with Crippen molar-refractivity contribution in [2.45, 2.75) is 31.7 Å². The maximum atomic E-state index is 10.5. The first-order chi connectivity index (χ1) is 7.22. The fourth-order valence-electron chi connectivity index (χ4n) is 1.54. The van der Waals surface area contributed by atoms with Crippen LogP contribution in [0, 0.1) is 0 Å². The fraction of sp³-hybridized carbons (Fsp3) is 0.667. The Morgan fingerprint density at radius 2 is 2.33 bits per heavy atom. The van der Waals surface area contributed by atoms with Gasteiger partial charge in [-0.3, -0.25) is 9.36 Å². The SMILES string of the molecule is COc1nnc(CCC(=O)O)n1C1CC1. The number of carboxylic acids is 1. The summed E-state index contributed by atoms with van der Waals surface area (Å²) in [5, 5.41) is 16.4. The second-order valence-corrected chi connectivity index (χ2v) is 3.60. The van der Waals surface area contributed by atoms with Gasteiger partial charge >= 0.3 is 12.0 Å². The molecule has 0 aliphatic heterocycles. The molecule has 15 heavy (non-hydrogen) atoms. The van der Waals surface area contributed by atoms with E-state index in [4.69, 9.17) is 9.84 Å². The first kappa shape index (κ1) is 9.95. The molecule has 0 radical (unpaired) electrons. The van der Waals surface area contributed by atoms with Gasteiger partial charge in [0, 0.05) is 12.5 Å². The molecule has 0 aromatic carbocycles. The summed E-state index contributed by atoms with van der Waals surface area (Å²) in [6, 6.07) is 0.886. The van der Waals surface area contributed by atoms with Crippen LogP contribution < -0.4 is 4.74 Å². The van der Waals surface area contributed by atoms with Crippen molar-refractivity contribution >= 4 is 5.97 Å². The minimum Gasteiger partial charge on any atom is -0.481 e. The van der Waals surface area contributed by atoms with Gasteiger partial charge in [0.1, 0.15) is 5.82 Å². The second-order valence-electron chi connectivity index (χ2n) is 3.60. The van der Waals surface area contributed by atoms with Crippen LogP contribution in [0.2, 0.25) is 0 Å². The summed E-state index contributed by atoms with van der Waals surface area (Å²) in [5.41, 5.74) is 0. The number of hydrogen-bond acceptors (Lipinski definition) is 4. The molecule has 1 aliphatic carbocycles. The lowest BCUT2D eigenvalue weighted by molar-refractivity contribution is -0.137. The number of aromatic nitrogens is 3. The third-order valence-corrected chi connectivity index (χ3v) is 2.39. The Morgan fingerprint density at radius 3 is 2.87 bits per heavy atom. The highest BCUT2D eigenvalue weighted by atomic mass is 16.5. The quantitative estimate of drug-likeness (QED) is 0.773. The fourth-order valence-corrected chi connectivity index (χ4v) is 1.54. The first-order valence-electron chi connectivity index (χ1n) is 4.92. The van der Waals surface area contributed by atoms with Crippen LogP contribution in [0.1, 0.15) is 31.1 Å². The molecule has 1 aromatic rings. The van der Waals surface area contributed by atoms with E-state index in [2.05, 4.69) is 10.2 Å². The Morgan fingerprint density at radius 1 is 1.60 bits per heavy atom. The van der Waals surface area contributed by atoms with Crippen LogP contribution in [0.3, 0.4) is 0 Å². The third kappa shape index (κ3) is 2.08. The summed E-state index contributed by atoms with van der Waals surface area (Å²) in [6.07, 6.45) is 2.67. The molecule has 0 spiro atoms. The van der Waals surface area contributed by atoms with E-state index in [1.165, 1.54) is 0 Å². The number of aliphatic carboxylic acids is 1. The number of carboxylic acid groups (broad SMARTS) is 1. The van der Waals surface area contributed by atoms with E-state index in [9.17, 15) is 4.79 Å². The summed E-state index contributed by atoms with van der Waals surface area (Å²) in [5.74, 6) is -0.115. The van der Waals surface area contributed by atoms with Crippen molar-refractivity contribution in [3.8, 4) is 6.01 Å². The van der Waals surface area contributed by atoms with Crippen molar-refractivity contribution in [1.82, 2.24) is 14.8 Å². The van der Waals surface area contributed by atoms with Gasteiger partial charge in [0.15, 0.2) is 0 Å². The van der Waals surface area contributed by atoms with Gasteiger partial charge in [-0.05, 0) is 12.8 Å². The normalized spacial score (nSPS) is 15.3. The van der Waals surface area contributed by atoms with Crippen molar-refractivity contribution < 1.29 is 14.6 Å². The zero-order valence-electron chi connectivity index (χ0n) is 8.51. The van der Waals surface area contributed by atoms with Crippen LogP contribution in [-0.2, 0) is 11.2 Å². The van der Waals surface area contributed by atoms with Crippen molar-refractivity contribution in [2.24, 2.45) is 0 Å². The largest absolute Gasteiger partial charge is 0.481 e. The van der Waals surface area contributed by atoms with Crippen LogP contribution in [0.15, 0.2) is 0 Å². The van der Waals surface area contributed by atoms with Gasteiger partial charge in [-0.15, -0.1) is 5.10 Å². The molecule has 6 nitrogen and oxygen atoms in total. The van der Waals surface area contributed by atoms with E-state index in [0.29, 0.717) is 24.3 Å². The molecular formula is C9H13N3O3. The van der Waals surface area contributed by atoms with Gasteiger partial charge in [0.05, 0.1) is 13.5 Å². The maximum Gasteiger partial charge on any atom is 0.316 e.